The number of halogens is 3. The van der Waals surface area contributed by atoms with Gasteiger partial charge in [0.2, 0.25) is 0 Å². The van der Waals surface area contributed by atoms with Crippen LogP contribution in [0.5, 0.6) is 0 Å². The maximum Gasteiger partial charge on any atom is 0.441 e. The lowest BCUT2D eigenvalue weighted by molar-refractivity contribution is -0.0328. The van der Waals surface area contributed by atoms with E-state index < -0.39 is 5.51 Å². The molecule has 0 saturated carbocycles. The van der Waals surface area contributed by atoms with E-state index in [-0.39, 0.29) is 23.1 Å². The van der Waals surface area contributed by atoms with Crippen molar-refractivity contribution in [2.24, 2.45) is 5.92 Å². The Kier molecular flexibility index (Phi) is 6.79. The number of thioether (sulfide) groups is 1. The normalized spacial score (nSPS) is 15.2. The van der Waals surface area contributed by atoms with Crippen molar-refractivity contribution in [1.29, 1.82) is 0 Å². The van der Waals surface area contributed by atoms with Crippen LogP contribution in [0, 0.1) is 5.92 Å². The second-order valence-corrected chi connectivity index (χ2v) is 6.33. The van der Waals surface area contributed by atoms with Crippen molar-refractivity contribution < 1.29 is 13.2 Å². The second kappa shape index (κ2) is 6.74. The molecule has 98 valence electrons. The molecule has 1 atom stereocenters. The first-order valence-electron chi connectivity index (χ1n) is 5.56. The van der Waals surface area contributed by atoms with Crippen molar-refractivity contribution in [1.82, 2.24) is 5.32 Å². The molecule has 0 saturated heterocycles. The average molecular weight is 257 g/mol. The quantitative estimate of drug-likeness (QED) is 0.721. The minimum Gasteiger partial charge on any atom is -0.312 e. The van der Waals surface area contributed by atoms with Crippen molar-refractivity contribution in [2.45, 2.75) is 51.6 Å². The lowest BCUT2D eigenvalue weighted by atomic mass is 10.0. The van der Waals surface area contributed by atoms with Crippen LogP contribution in [0.2, 0.25) is 0 Å². The maximum atomic E-state index is 11.8. The summed E-state index contributed by atoms with van der Waals surface area (Å²) in [5.41, 5.74) is -4.00. The molecular formula is C11H22F3NS. The highest BCUT2D eigenvalue weighted by Crippen LogP contribution is 2.31. The third-order valence-electron chi connectivity index (χ3n) is 2.09. The summed E-state index contributed by atoms with van der Waals surface area (Å²) in [5, 5.41) is 3.35. The SMILES string of the molecule is CC(CCCSC(F)(F)F)CNC(C)(C)C. The Labute approximate surface area is 101 Å². The Morgan fingerprint density at radius 1 is 1.19 bits per heavy atom. The monoisotopic (exact) mass is 257 g/mol. The van der Waals surface area contributed by atoms with Crippen LogP contribution >= 0.6 is 11.8 Å². The molecule has 0 aliphatic rings. The molecule has 0 aromatic rings. The Balaban J connectivity index is 3.48. The van der Waals surface area contributed by atoms with Crippen LogP contribution < -0.4 is 5.32 Å². The van der Waals surface area contributed by atoms with Gasteiger partial charge in [-0.1, -0.05) is 18.7 Å². The Morgan fingerprint density at radius 2 is 1.75 bits per heavy atom. The first kappa shape index (κ1) is 16.1. The van der Waals surface area contributed by atoms with Gasteiger partial charge in [-0.05, 0) is 46.1 Å². The summed E-state index contributed by atoms with van der Waals surface area (Å²) in [6.07, 6.45) is 1.46. The Hall–Kier alpha value is 0.1000. The molecule has 0 aliphatic carbocycles. The summed E-state index contributed by atoms with van der Waals surface area (Å²) in [4.78, 5) is 0. The fourth-order valence-corrected chi connectivity index (χ4v) is 1.74. The van der Waals surface area contributed by atoms with Gasteiger partial charge in [0.1, 0.15) is 0 Å². The summed E-state index contributed by atoms with van der Waals surface area (Å²) in [5.74, 6) is 0.594. The van der Waals surface area contributed by atoms with E-state index in [4.69, 9.17) is 0 Å². The topological polar surface area (TPSA) is 12.0 Å². The molecule has 0 aliphatic heterocycles. The van der Waals surface area contributed by atoms with Gasteiger partial charge < -0.3 is 5.32 Å². The number of alkyl halides is 3. The number of hydrogen-bond donors (Lipinski definition) is 1. The summed E-state index contributed by atoms with van der Waals surface area (Å²) in [6.45, 7) is 9.18. The van der Waals surface area contributed by atoms with E-state index in [1.54, 1.807) is 0 Å². The summed E-state index contributed by atoms with van der Waals surface area (Å²) in [7, 11) is 0. The lowest BCUT2D eigenvalue weighted by Crippen LogP contribution is -2.38. The second-order valence-electron chi connectivity index (χ2n) is 5.17. The molecule has 16 heavy (non-hydrogen) atoms. The summed E-state index contributed by atoms with van der Waals surface area (Å²) < 4.78 is 35.5. The van der Waals surface area contributed by atoms with Gasteiger partial charge in [0.15, 0.2) is 0 Å². The van der Waals surface area contributed by atoms with Gasteiger partial charge in [0, 0.05) is 11.3 Å². The molecule has 0 bridgehead atoms. The molecule has 1 unspecified atom stereocenters. The van der Waals surface area contributed by atoms with E-state index >= 15 is 0 Å². The van der Waals surface area contributed by atoms with Crippen molar-refractivity contribution in [3.05, 3.63) is 0 Å². The average Bonchev–Trinajstić information content (AvgIpc) is 2.06. The Bertz CT molecular complexity index is 187. The molecule has 0 radical (unpaired) electrons. The zero-order chi connectivity index (χ0) is 12.8. The molecule has 5 heteroatoms. The van der Waals surface area contributed by atoms with Gasteiger partial charge in [-0.15, -0.1) is 0 Å². The fourth-order valence-electron chi connectivity index (χ4n) is 1.20. The first-order valence-corrected chi connectivity index (χ1v) is 6.54. The van der Waals surface area contributed by atoms with Gasteiger partial charge in [-0.25, -0.2) is 0 Å². The van der Waals surface area contributed by atoms with Crippen LogP contribution in [0.4, 0.5) is 13.2 Å². The van der Waals surface area contributed by atoms with E-state index in [0.717, 1.165) is 13.0 Å². The lowest BCUT2D eigenvalue weighted by Gasteiger charge is -2.23. The molecule has 0 heterocycles. The van der Waals surface area contributed by atoms with E-state index in [0.29, 0.717) is 12.3 Å². The zero-order valence-corrected chi connectivity index (χ0v) is 11.3. The molecule has 0 spiro atoms. The minimum atomic E-state index is -4.08. The largest absolute Gasteiger partial charge is 0.441 e. The molecule has 1 N–H and O–H groups in total. The maximum absolute atomic E-state index is 11.8. The number of nitrogens with one attached hydrogen (secondary N) is 1. The predicted octanol–water partition coefficient (Wildman–Crippen LogP) is 4.04. The van der Waals surface area contributed by atoms with E-state index in [1.807, 2.05) is 0 Å². The van der Waals surface area contributed by atoms with Gasteiger partial charge in [-0.2, -0.15) is 13.2 Å². The van der Waals surface area contributed by atoms with Crippen molar-refractivity contribution >= 4 is 11.8 Å². The van der Waals surface area contributed by atoms with Crippen LogP contribution in [0.3, 0.4) is 0 Å². The molecule has 0 rings (SSSR count). The first-order chi connectivity index (χ1) is 7.10. The van der Waals surface area contributed by atoms with Crippen LogP contribution in [-0.2, 0) is 0 Å². The van der Waals surface area contributed by atoms with Crippen molar-refractivity contribution in [3.8, 4) is 0 Å². The molecule has 0 fully saturated rings. The summed E-state index contributed by atoms with van der Waals surface area (Å²) in [6, 6.07) is 0. The molecule has 0 amide bonds. The molecule has 0 aromatic heterocycles. The van der Waals surface area contributed by atoms with Crippen LogP contribution in [0.1, 0.15) is 40.5 Å². The van der Waals surface area contributed by atoms with E-state index in [1.165, 1.54) is 0 Å². The van der Waals surface area contributed by atoms with Crippen LogP contribution in [0.15, 0.2) is 0 Å². The summed E-state index contributed by atoms with van der Waals surface area (Å²) >= 11 is 0.0788. The van der Waals surface area contributed by atoms with E-state index in [9.17, 15) is 13.2 Å². The van der Waals surface area contributed by atoms with Gasteiger partial charge in [0.05, 0.1) is 0 Å². The number of hydrogen-bond acceptors (Lipinski definition) is 2. The van der Waals surface area contributed by atoms with Crippen molar-refractivity contribution in [3.63, 3.8) is 0 Å². The highest BCUT2D eigenvalue weighted by molar-refractivity contribution is 8.00. The third-order valence-corrected chi connectivity index (χ3v) is 2.91. The van der Waals surface area contributed by atoms with Gasteiger partial charge >= 0.3 is 5.51 Å². The van der Waals surface area contributed by atoms with Crippen molar-refractivity contribution in [2.75, 3.05) is 12.3 Å². The van der Waals surface area contributed by atoms with Crippen LogP contribution in [0.25, 0.3) is 0 Å². The third kappa shape index (κ3) is 12.2. The predicted molar refractivity (Wildman–Crippen MR) is 64.7 cm³/mol. The minimum absolute atomic E-state index is 0.0784. The number of rotatable bonds is 6. The highest BCUT2D eigenvalue weighted by atomic mass is 32.2. The molecule has 0 aromatic carbocycles. The van der Waals surface area contributed by atoms with Gasteiger partial charge in [0.25, 0.3) is 0 Å². The smallest absolute Gasteiger partial charge is 0.312 e. The van der Waals surface area contributed by atoms with Crippen LogP contribution in [-0.4, -0.2) is 23.3 Å². The molecule has 1 nitrogen and oxygen atoms in total. The fraction of sp³-hybridized carbons (Fsp3) is 1.00. The standard InChI is InChI=1S/C11H22F3NS/c1-9(8-15-10(2,3)4)6-5-7-16-11(12,13)14/h9,15H,5-8H2,1-4H3. The molecular weight excluding hydrogens is 235 g/mol. The Morgan fingerprint density at radius 3 is 2.19 bits per heavy atom. The van der Waals surface area contributed by atoms with Gasteiger partial charge in [-0.3, -0.25) is 0 Å². The van der Waals surface area contributed by atoms with E-state index in [2.05, 4.69) is 33.0 Å². The highest BCUT2D eigenvalue weighted by Gasteiger charge is 2.27. The zero-order valence-electron chi connectivity index (χ0n) is 10.4.